The number of nitrogens with zero attached hydrogens (tertiary/aromatic N) is 4. The van der Waals surface area contributed by atoms with Gasteiger partial charge in [-0.15, -0.1) is 0 Å². The van der Waals surface area contributed by atoms with Gasteiger partial charge in [-0.1, -0.05) is 6.07 Å². The third kappa shape index (κ3) is 4.76. The number of piperidine rings is 1. The third-order valence-electron chi connectivity index (χ3n) is 5.14. The summed E-state index contributed by atoms with van der Waals surface area (Å²) in [5.41, 5.74) is 1.38. The van der Waals surface area contributed by atoms with Crippen molar-refractivity contribution < 1.29 is 13.2 Å². The quantitative estimate of drug-likeness (QED) is 0.626. The Morgan fingerprint density at radius 2 is 2.00 bits per heavy atom. The predicted octanol–water partition coefficient (Wildman–Crippen LogP) is 5.17. The maximum atomic E-state index is 13.6. The monoisotopic (exact) mass is 413 g/mol. The summed E-state index contributed by atoms with van der Waals surface area (Å²) in [4.78, 5) is 15.5. The summed E-state index contributed by atoms with van der Waals surface area (Å²) in [7, 11) is 2.05. The van der Waals surface area contributed by atoms with Crippen LogP contribution in [-0.2, 0) is 0 Å². The van der Waals surface area contributed by atoms with E-state index in [2.05, 4.69) is 32.2 Å². The number of anilines is 2. The standard InChI is InChI=1S/C22H22F3N5/c1-30-7-3-4-14(13-30)22-28-19(15-8-16(21(24)25)12-26-11-15)10-20(29-22)27-18-6-2-5-17(23)9-18/h2,5-6,8-12,14,21H,3-4,7,13H2,1H3,(H,27,28,29). The first-order valence-corrected chi connectivity index (χ1v) is 9.81. The Kier molecular flexibility index (Phi) is 5.94. The van der Waals surface area contributed by atoms with E-state index >= 15 is 0 Å². The number of aromatic nitrogens is 3. The maximum absolute atomic E-state index is 13.6. The number of hydrogen-bond donors (Lipinski definition) is 1. The number of hydrogen-bond acceptors (Lipinski definition) is 5. The highest BCUT2D eigenvalue weighted by atomic mass is 19.3. The van der Waals surface area contributed by atoms with E-state index in [-0.39, 0.29) is 17.3 Å². The lowest BCUT2D eigenvalue weighted by Gasteiger charge is -2.29. The topological polar surface area (TPSA) is 53.9 Å². The molecule has 1 aliphatic heterocycles. The van der Waals surface area contributed by atoms with Crippen molar-refractivity contribution in [1.82, 2.24) is 19.9 Å². The van der Waals surface area contributed by atoms with E-state index in [9.17, 15) is 13.2 Å². The van der Waals surface area contributed by atoms with Crippen LogP contribution in [0.3, 0.4) is 0 Å². The first-order valence-electron chi connectivity index (χ1n) is 9.81. The van der Waals surface area contributed by atoms with Crippen molar-refractivity contribution in [2.24, 2.45) is 0 Å². The molecule has 156 valence electrons. The van der Waals surface area contributed by atoms with Crippen molar-refractivity contribution in [2.45, 2.75) is 25.2 Å². The molecule has 2 aromatic heterocycles. The van der Waals surface area contributed by atoms with E-state index < -0.39 is 6.43 Å². The zero-order valence-corrected chi connectivity index (χ0v) is 16.5. The van der Waals surface area contributed by atoms with E-state index in [0.717, 1.165) is 32.1 Å². The lowest BCUT2D eigenvalue weighted by molar-refractivity contribution is 0.151. The molecule has 0 bridgehead atoms. The maximum Gasteiger partial charge on any atom is 0.265 e. The molecule has 5 nitrogen and oxygen atoms in total. The lowest BCUT2D eigenvalue weighted by atomic mass is 9.97. The van der Waals surface area contributed by atoms with Crippen molar-refractivity contribution in [3.05, 3.63) is 66.0 Å². The summed E-state index contributed by atoms with van der Waals surface area (Å²) in [6.07, 6.45) is 2.03. The van der Waals surface area contributed by atoms with Gasteiger partial charge in [0, 0.05) is 47.7 Å². The molecule has 0 radical (unpaired) electrons. The van der Waals surface area contributed by atoms with E-state index in [1.807, 2.05) is 0 Å². The van der Waals surface area contributed by atoms with Gasteiger partial charge in [0.1, 0.15) is 17.5 Å². The number of pyridine rings is 1. The number of alkyl halides is 2. The smallest absolute Gasteiger partial charge is 0.265 e. The molecule has 3 aromatic rings. The highest BCUT2D eigenvalue weighted by Crippen LogP contribution is 2.30. The molecule has 8 heteroatoms. The van der Waals surface area contributed by atoms with Crippen LogP contribution in [0.1, 0.15) is 36.6 Å². The van der Waals surface area contributed by atoms with Gasteiger partial charge in [0.2, 0.25) is 0 Å². The number of benzene rings is 1. The fourth-order valence-electron chi connectivity index (χ4n) is 3.67. The number of rotatable bonds is 5. The second kappa shape index (κ2) is 8.79. The van der Waals surface area contributed by atoms with Crippen LogP contribution in [0, 0.1) is 5.82 Å². The summed E-state index contributed by atoms with van der Waals surface area (Å²) in [5, 5.41) is 3.11. The Bertz CT molecular complexity index is 1030. The first kappa shape index (κ1) is 20.3. The van der Waals surface area contributed by atoms with Gasteiger partial charge in [-0.3, -0.25) is 4.98 Å². The molecule has 1 fully saturated rings. The van der Waals surface area contributed by atoms with Gasteiger partial charge < -0.3 is 10.2 Å². The summed E-state index contributed by atoms with van der Waals surface area (Å²) >= 11 is 0. The fourth-order valence-corrected chi connectivity index (χ4v) is 3.67. The van der Waals surface area contributed by atoms with Gasteiger partial charge in [0.15, 0.2) is 0 Å². The van der Waals surface area contributed by atoms with Crippen LogP contribution in [0.15, 0.2) is 48.8 Å². The summed E-state index contributed by atoms with van der Waals surface area (Å²) in [6.45, 7) is 1.84. The van der Waals surface area contributed by atoms with Gasteiger partial charge in [-0.05, 0) is 50.7 Å². The number of likely N-dealkylation sites (tertiary alicyclic amines) is 1. The minimum Gasteiger partial charge on any atom is -0.340 e. The van der Waals surface area contributed by atoms with Crippen molar-refractivity contribution in [3.63, 3.8) is 0 Å². The highest BCUT2D eigenvalue weighted by molar-refractivity contribution is 5.65. The van der Waals surface area contributed by atoms with Crippen LogP contribution in [-0.4, -0.2) is 40.0 Å². The molecule has 1 aliphatic rings. The molecule has 1 saturated heterocycles. The molecular formula is C22H22F3N5. The summed E-state index contributed by atoms with van der Waals surface area (Å²) < 4.78 is 39.9. The number of nitrogens with one attached hydrogen (secondary N) is 1. The highest BCUT2D eigenvalue weighted by Gasteiger charge is 2.23. The molecule has 1 unspecified atom stereocenters. The van der Waals surface area contributed by atoms with Crippen LogP contribution in [0.5, 0.6) is 0 Å². The molecule has 0 amide bonds. The Balaban J connectivity index is 1.74. The Morgan fingerprint density at radius 1 is 1.13 bits per heavy atom. The molecule has 4 rings (SSSR count). The number of likely N-dealkylation sites (N-methyl/N-ethyl adjacent to an activating group) is 1. The molecule has 1 N–H and O–H groups in total. The molecule has 0 saturated carbocycles. The average molecular weight is 413 g/mol. The molecule has 3 heterocycles. The lowest BCUT2D eigenvalue weighted by Crippen LogP contribution is -2.31. The Hall–Kier alpha value is -3.00. The molecule has 1 atom stereocenters. The van der Waals surface area contributed by atoms with Crippen molar-refractivity contribution >= 4 is 11.5 Å². The largest absolute Gasteiger partial charge is 0.340 e. The molecule has 30 heavy (non-hydrogen) atoms. The zero-order chi connectivity index (χ0) is 21.1. The van der Waals surface area contributed by atoms with Gasteiger partial charge in [-0.25, -0.2) is 23.1 Å². The summed E-state index contributed by atoms with van der Waals surface area (Å²) in [5.74, 6) is 0.886. The fraction of sp³-hybridized carbons (Fsp3) is 0.318. The zero-order valence-electron chi connectivity index (χ0n) is 16.5. The number of halogens is 3. The minimum atomic E-state index is -2.62. The van der Waals surface area contributed by atoms with E-state index in [1.54, 1.807) is 18.2 Å². The normalized spacial score (nSPS) is 17.3. The van der Waals surface area contributed by atoms with Gasteiger partial charge in [-0.2, -0.15) is 0 Å². The van der Waals surface area contributed by atoms with Crippen LogP contribution in [0.2, 0.25) is 0 Å². The van der Waals surface area contributed by atoms with Crippen LogP contribution < -0.4 is 5.32 Å². The van der Waals surface area contributed by atoms with Crippen LogP contribution in [0.25, 0.3) is 11.3 Å². The molecule has 0 spiro atoms. The van der Waals surface area contributed by atoms with Crippen LogP contribution in [0.4, 0.5) is 24.7 Å². The van der Waals surface area contributed by atoms with Crippen LogP contribution >= 0.6 is 0 Å². The molecular weight excluding hydrogens is 391 g/mol. The Morgan fingerprint density at radius 3 is 2.77 bits per heavy atom. The van der Waals surface area contributed by atoms with Gasteiger partial charge >= 0.3 is 0 Å². The van der Waals surface area contributed by atoms with Gasteiger partial charge in [0.25, 0.3) is 6.43 Å². The second-order valence-electron chi connectivity index (χ2n) is 7.54. The molecule has 0 aliphatic carbocycles. The van der Waals surface area contributed by atoms with E-state index in [1.165, 1.54) is 24.4 Å². The minimum absolute atomic E-state index is 0.128. The third-order valence-corrected chi connectivity index (χ3v) is 5.14. The average Bonchev–Trinajstić information content (AvgIpc) is 2.73. The predicted molar refractivity (Wildman–Crippen MR) is 109 cm³/mol. The van der Waals surface area contributed by atoms with E-state index in [4.69, 9.17) is 0 Å². The van der Waals surface area contributed by atoms with Crippen molar-refractivity contribution in [1.29, 1.82) is 0 Å². The molecule has 1 aromatic carbocycles. The Labute approximate surface area is 173 Å². The SMILES string of the molecule is CN1CCCC(c2nc(Nc3cccc(F)c3)cc(-c3cncc(C(F)F)c3)n2)C1. The van der Waals surface area contributed by atoms with Crippen molar-refractivity contribution in [2.75, 3.05) is 25.5 Å². The van der Waals surface area contributed by atoms with E-state index in [0.29, 0.717) is 28.6 Å². The first-order chi connectivity index (χ1) is 14.5. The second-order valence-corrected chi connectivity index (χ2v) is 7.54. The van der Waals surface area contributed by atoms with Crippen molar-refractivity contribution in [3.8, 4) is 11.3 Å². The van der Waals surface area contributed by atoms with Gasteiger partial charge in [0.05, 0.1) is 5.69 Å². The summed E-state index contributed by atoms with van der Waals surface area (Å²) in [6, 6.07) is 9.14.